The fourth-order valence-corrected chi connectivity index (χ4v) is 4.14. The van der Waals surface area contributed by atoms with Crippen LogP contribution in [-0.2, 0) is 10.5 Å². The van der Waals surface area contributed by atoms with Gasteiger partial charge in [-0.2, -0.15) is 0 Å². The number of aryl methyl sites for hydroxylation is 1. The zero-order chi connectivity index (χ0) is 17.4. The van der Waals surface area contributed by atoms with Gasteiger partial charge in [0.25, 0.3) is 0 Å². The molecule has 130 valence electrons. The van der Waals surface area contributed by atoms with Crippen molar-refractivity contribution in [2.24, 2.45) is 5.92 Å². The van der Waals surface area contributed by atoms with Crippen molar-refractivity contribution in [1.82, 2.24) is 10.2 Å². The fourth-order valence-electron chi connectivity index (χ4n) is 2.44. The van der Waals surface area contributed by atoms with Gasteiger partial charge in [-0.05, 0) is 25.3 Å². The van der Waals surface area contributed by atoms with Crippen LogP contribution in [0.25, 0.3) is 0 Å². The van der Waals surface area contributed by atoms with Gasteiger partial charge in [0.1, 0.15) is 0 Å². The highest BCUT2D eigenvalue weighted by Gasteiger charge is 2.17. The molecule has 0 aliphatic heterocycles. The Morgan fingerprint density at radius 1 is 1.33 bits per heavy atom. The van der Waals surface area contributed by atoms with Gasteiger partial charge >= 0.3 is 0 Å². The van der Waals surface area contributed by atoms with Crippen molar-refractivity contribution < 1.29 is 4.79 Å². The number of carbonyl (C=O) groups excluding carboxylic acids is 1. The van der Waals surface area contributed by atoms with E-state index in [9.17, 15) is 4.79 Å². The van der Waals surface area contributed by atoms with E-state index in [1.165, 1.54) is 22.5 Å². The molecule has 6 heteroatoms. The summed E-state index contributed by atoms with van der Waals surface area (Å²) in [6.45, 7) is 6.30. The van der Waals surface area contributed by atoms with Gasteiger partial charge in [-0.25, -0.2) is 0 Å². The Kier molecular flexibility index (Phi) is 7.72. The molecule has 2 rings (SSSR count). The third kappa shape index (κ3) is 5.91. The first-order chi connectivity index (χ1) is 11.6. The summed E-state index contributed by atoms with van der Waals surface area (Å²) in [5.74, 6) is 0.993. The lowest BCUT2D eigenvalue weighted by Gasteiger charge is -2.12. The van der Waals surface area contributed by atoms with Gasteiger partial charge in [0.2, 0.25) is 11.0 Å². The topological polar surface area (TPSA) is 54.9 Å². The Labute approximate surface area is 152 Å². The van der Waals surface area contributed by atoms with Crippen molar-refractivity contribution in [3.8, 4) is 0 Å². The van der Waals surface area contributed by atoms with E-state index < -0.39 is 0 Å². The summed E-state index contributed by atoms with van der Waals surface area (Å²) in [6.07, 6.45) is 3.99. The van der Waals surface area contributed by atoms with Crippen LogP contribution in [-0.4, -0.2) is 16.1 Å². The second-order valence-electron chi connectivity index (χ2n) is 5.89. The van der Waals surface area contributed by atoms with Gasteiger partial charge in [-0.1, -0.05) is 79.6 Å². The minimum atomic E-state index is 0.0669. The number of rotatable bonds is 9. The number of hydrogen-bond acceptors (Lipinski definition) is 5. The fraction of sp³-hybridized carbons (Fsp3) is 0.500. The maximum Gasteiger partial charge on any atom is 0.229 e. The molecule has 1 aromatic carbocycles. The molecule has 1 amide bonds. The van der Waals surface area contributed by atoms with Crippen LogP contribution in [0.2, 0.25) is 0 Å². The number of aromatic nitrogens is 2. The summed E-state index contributed by atoms with van der Waals surface area (Å²) in [5.41, 5.74) is 2.53. The average Bonchev–Trinajstić information content (AvgIpc) is 3.01. The molecule has 0 aliphatic rings. The number of nitrogens with zero attached hydrogens (tertiary/aromatic N) is 2. The predicted octanol–water partition coefficient (Wildman–Crippen LogP) is 5.29. The van der Waals surface area contributed by atoms with Crippen molar-refractivity contribution >= 4 is 34.1 Å². The number of unbranched alkanes of at least 4 members (excludes halogenated alkanes) is 1. The number of thioether (sulfide) groups is 1. The van der Waals surface area contributed by atoms with Gasteiger partial charge < -0.3 is 5.32 Å². The molecular formula is C18H25N3OS2. The summed E-state index contributed by atoms with van der Waals surface area (Å²) in [7, 11) is 0. The molecule has 1 aromatic heterocycles. The third-order valence-corrected chi connectivity index (χ3v) is 5.89. The molecule has 0 saturated carbocycles. The molecule has 1 heterocycles. The maximum absolute atomic E-state index is 12.3. The molecule has 0 spiro atoms. The lowest BCUT2D eigenvalue weighted by atomic mass is 9.99. The summed E-state index contributed by atoms with van der Waals surface area (Å²) < 4.78 is 0.883. The minimum absolute atomic E-state index is 0.0669. The van der Waals surface area contributed by atoms with E-state index in [0.29, 0.717) is 5.13 Å². The molecule has 1 N–H and O–H groups in total. The second kappa shape index (κ2) is 9.79. The largest absolute Gasteiger partial charge is 0.300 e. The van der Waals surface area contributed by atoms with E-state index in [-0.39, 0.29) is 11.8 Å². The van der Waals surface area contributed by atoms with Crippen molar-refractivity contribution in [1.29, 1.82) is 0 Å². The predicted molar refractivity (Wildman–Crippen MR) is 103 cm³/mol. The number of anilines is 1. The van der Waals surface area contributed by atoms with Crippen LogP contribution in [0, 0.1) is 12.8 Å². The zero-order valence-electron chi connectivity index (χ0n) is 14.5. The second-order valence-corrected chi connectivity index (χ2v) is 8.09. The molecule has 4 nitrogen and oxygen atoms in total. The van der Waals surface area contributed by atoms with Gasteiger partial charge in [0.05, 0.1) is 0 Å². The van der Waals surface area contributed by atoms with Crippen molar-refractivity contribution in [3.63, 3.8) is 0 Å². The quantitative estimate of drug-likeness (QED) is 0.485. The average molecular weight is 364 g/mol. The van der Waals surface area contributed by atoms with Crippen LogP contribution < -0.4 is 5.32 Å². The van der Waals surface area contributed by atoms with E-state index >= 15 is 0 Å². The summed E-state index contributed by atoms with van der Waals surface area (Å²) in [4.78, 5) is 12.3. The van der Waals surface area contributed by atoms with Crippen LogP contribution in [0.1, 0.15) is 50.7 Å². The standard InChI is InChI=1S/C18H25N3OS2/c1-4-6-10-15(5-2)16(22)19-17-20-21-18(24-17)23-12-14-9-7-8-13(3)11-14/h7-9,11,15H,4-6,10,12H2,1-3H3,(H,19,20,22)/t15-/m0/s1. The van der Waals surface area contributed by atoms with E-state index in [1.54, 1.807) is 11.8 Å². The van der Waals surface area contributed by atoms with Crippen LogP contribution in [0.3, 0.4) is 0 Å². The van der Waals surface area contributed by atoms with Crippen molar-refractivity contribution in [2.75, 3.05) is 5.32 Å². The number of nitrogens with one attached hydrogen (secondary N) is 1. The molecule has 0 aliphatic carbocycles. The van der Waals surface area contributed by atoms with E-state index in [2.05, 4.69) is 60.6 Å². The molecular weight excluding hydrogens is 338 g/mol. The van der Waals surface area contributed by atoms with Gasteiger partial charge in [0, 0.05) is 11.7 Å². The minimum Gasteiger partial charge on any atom is -0.300 e. The molecule has 0 saturated heterocycles. The third-order valence-electron chi connectivity index (χ3n) is 3.85. The summed E-state index contributed by atoms with van der Waals surface area (Å²) >= 11 is 3.10. The lowest BCUT2D eigenvalue weighted by Crippen LogP contribution is -2.22. The smallest absolute Gasteiger partial charge is 0.229 e. The van der Waals surface area contributed by atoms with Gasteiger partial charge in [0.15, 0.2) is 4.34 Å². The van der Waals surface area contributed by atoms with Crippen LogP contribution in [0.4, 0.5) is 5.13 Å². The Balaban J connectivity index is 1.87. The highest BCUT2D eigenvalue weighted by Crippen LogP contribution is 2.29. The summed E-state index contributed by atoms with van der Waals surface area (Å²) in [6, 6.07) is 8.45. The summed E-state index contributed by atoms with van der Waals surface area (Å²) in [5, 5.41) is 11.8. The van der Waals surface area contributed by atoms with Crippen molar-refractivity contribution in [3.05, 3.63) is 35.4 Å². The van der Waals surface area contributed by atoms with Crippen molar-refractivity contribution in [2.45, 2.75) is 56.5 Å². The first-order valence-electron chi connectivity index (χ1n) is 8.45. The van der Waals surface area contributed by atoms with Crippen LogP contribution >= 0.6 is 23.1 Å². The van der Waals surface area contributed by atoms with Crippen LogP contribution in [0.5, 0.6) is 0 Å². The highest BCUT2D eigenvalue weighted by atomic mass is 32.2. The van der Waals surface area contributed by atoms with Gasteiger partial charge in [-0.3, -0.25) is 4.79 Å². The Hall–Kier alpha value is -1.40. The number of amides is 1. The Morgan fingerprint density at radius 2 is 2.17 bits per heavy atom. The van der Waals surface area contributed by atoms with E-state index in [0.717, 1.165) is 35.8 Å². The normalized spacial score (nSPS) is 12.1. The Morgan fingerprint density at radius 3 is 2.88 bits per heavy atom. The molecule has 2 aromatic rings. The van der Waals surface area contributed by atoms with Crippen LogP contribution in [0.15, 0.2) is 28.6 Å². The monoisotopic (exact) mass is 363 g/mol. The first kappa shape index (κ1) is 18.9. The molecule has 1 atom stereocenters. The van der Waals surface area contributed by atoms with E-state index in [4.69, 9.17) is 0 Å². The molecule has 0 radical (unpaired) electrons. The first-order valence-corrected chi connectivity index (χ1v) is 10.2. The maximum atomic E-state index is 12.3. The van der Waals surface area contributed by atoms with E-state index in [1.807, 2.05) is 0 Å². The number of benzene rings is 1. The Bertz CT molecular complexity index is 657. The molecule has 0 fully saturated rings. The van der Waals surface area contributed by atoms with Gasteiger partial charge in [-0.15, -0.1) is 10.2 Å². The molecule has 24 heavy (non-hydrogen) atoms. The SMILES string of the molecule is CCCC[C@H](CC)C(=O)Nc1nnc(SCc2cccc(C)c2)s1. The number of carbonyl (C=O) groups is 1. The highest BCUT2D eigenvalue weighted by molar-refractivity contribution is 8.00. The molecule has 0 unspecified atom stereocenters. The zero-order valence-corrected chi connectivity index (χ0v) is 16.2. The lowest BCUT2D eigenvalue weighted by molar-refractivity contribution is -0.120. The molecule has 0 bridgehead atoms. The number of hydrogen-bond donors (Lipinski definition) is 1.